The van der Waals surface area contributed by atoms with E-state index in [1.165, 1.54) is 0 Å². The van der Waals surface area contributed by atoms with Crippen LogP contribution < -0.4 is 5.32 Å². The van der Waals surface area contributed by atoms with Gasteiger partial charge in [0.05, 0.1) is 0 Å². The van der Waals surface area contributed by atoms with Gasteiger partial charge < -0.3 is 10.4 Å². The summed E-state index contributed by atoms with van der Waals surface area (Å²) in [5, 5.41) is 12.6. The molecule has 0 radical (unpaired) electrons. The molecule has 0 bridgehead atoms. The SMILES string of the molecule is CNC(Cc1cc(Cl)cc(Cl)c1)C(=O)O. The summed E-state index contributed by atoms with van der Waals surface area (Å²) >= 11 is 11.6. The number of hydrogen-bond donors (Lipinski definition) is 2. The molecule has 82 valence electrons. The molecular formula is C10H11Cl2NO2. The minimum atomic E-state index is -0.895. The van der Waals surface area contributed by atoms with Crippen LogP contribution in [0.15, 0.2) is 18.2 Å². The third-order valence-corrected chi connectivity index (χ3v) is 2.45. The van der Waals surface area contributed by atoms with E-state index in [9.17, 15) is 4.79 Å². The van der Waals surface area contributed by atoms with Crippen molar-refractivity contribution in [2.45, 2.75) is 12.5 Å². The van der Waals surface area contributed by atoms with Gasteiger partial charge in [0.1, 0.15) is 6.04 Å². The molecule has 0 saturated heterocycles. The van der Waals surface area contributed by atoms with E-state index in [0.717, 1.165) is 5.56 Å². The molecule has 0 aliphatic rings. The quantitative estimate of drug-likeness (QED) is 0.858. The Morgan fingerprint density at radius 3 is 2.33 bits per heavy atom. The van der Waals surface area contributed by atoms with E-state index in [4.69, 9.17) is 28.3 Å². The zero-order valence-corrected chi connectivity index (χ0v) is 9.64. The first-order chi connectivity index (χ1) is 7.02. The van der Waals surface area contributed by atoms with Crippen LogP contribution in [0.25, 0.3) is 0 Å². The second kappa shape index (κ2) is 5.35. The van der Waals surface area contributed by atoms with Crippen molar-refractivity contribution in [2.75, 3.05) is 7.05 Å². The summed E-state index contributed by atoms with van der Waals surface area (Å²) in [5.41, 5.74) is 0.800. The maximum atomic E-state index is 10.8. The van der Waals surface area contributed by atoms with E-state index >= 15 is 0 Å². The van der Waals surface area contributed by atoms with Crippen LogP contribution in [-0.4, -0.2) is 24.2 Å². The maximum Gasteiger partial charge on any atom is 0.321 e. The summed E-state index contributed by atoms with van der Waals surface area (Å²) in [5.74, 6) is -0.895. The van der Waals surface area contributed by atoms with Crippen molar-refractivity contribution in [2.24, 2.45) is 0 Å². The lowest BCUT2D eigenvalue weighted by Crippen LogP contribution is -2.35. The molecule has 0 fully saturated rings. The van der Waals surface area contributed by atoms with Crippen molar-refractivity contribution in [3.8, 4) is 0 Å². The van der Waals surface area contributed by atoms with Crippen LogP contribution >= 0.6 is 23.2 Å². The minimum absolute atomic E-state index is 0.353. The smallest absolute Gasteiger partial charge is 0.321 e. The Morgan fingerprint density at radius 2 is 1.93 bits per heavy atom. The van der Waals surface area contributed by atoms with Crippen LogP contribution in [-0.2, 0) is 11.2 Å². The molecule has 15 heavy (non-hydrogen) atoms. The third-order valence-electron chi connectivity index (χ3n) is 2.01. The van der Waals surface area contributed by atoms with Gasteiger partial charge in [-0.05, 0) is 37.2 Å². The lowest BCUT2D eigenvalue weighted by atomic mass is 10.1. The van der Waals surface area contributed by atoms with Gasteiger partial charge in [0.25, 0.3) is 0 Å². The number of hydrogen-bond acceptors (Lipinski definition) is 2. The summed E-state index contributed by atoms with van der Waals surface area (Å²) in [6, 6.07) is 4.41. The number of nitrogens with one attached hydrogen (secondary N) is 1. The number of aliphatic carboxylic acids is 1. The van der Waals surface area contributed by atoms with Crippen molar-refractivity contribution in [1.29, 1.82) is 0 Å². The third kappa shape index (κ3) is 3.70. The average Bonchev–Trinajstić information content (AvgIpc) is 2.12. The fraction of sp³-hybridized carbons (Fsp3) is 0.300. The highest BCUT2D eigenvalue weighted by molar-refractivity contribution is 6.34. The van der Waals surface area contributed by atoms with E-state index in [2.05, 4.69) is 5.32 Å². The molecule has 1 atom stereocenters. The van der Waals surface area contributed by atoms with Gasteiger partial charge in [-0.1, -0.05) is 23.2 Å². The summed E-state index contributed by atoms with van der Waals surface area (Å²) in [4.78, 5) is 10.8. The first kappa shape index (κ1) is 12.3. The summed E-state index contributed by atoms with van der Waals surface area (Å²) in [6.07, 6.45) is 0.353. The molecule has 1 unspecified atom stereocenters. The number of halogens is 2. The Bertz CT molecular complexity index is 348. The van der Waals surface area contributed by atoms with Crippen LogP contribution in [0.5, 0.6) is 0 Å². The highest BCUT2D eigenvalue weighted by atomic mass is 35.5. The molecule has 1 rings (SSSR count). The molecule has 0 aliphatic heterocycles. The number of carboxylic acid groups (broad SMARTS) is 1. The number of carbonyl (C=O) groups is 1. The van der Waals surface area contributed by atoms with Crippen molar-refractivity contribution in [3.63, 3.8) is 0 Å². The molecule has 2 N–H and O–H groups in total. The zero-order chi connectivity index (χ0) is 11.4. The summed E-state index contributed by atoms with van der Waals surface area (Å²) < 4.78 is 0. The first-order valence-corrected chi connectivity index (χ1v) is 5.13. The molecule has 0 aromatic heterocycles. The fourth-order valence-electron chi connectivity index (χ4n) is 1.28. The van der Waals surface area contributed by atoms with Gasteiger partial charge in [0.2, 0.25) is 0 Å². The molecule has 1 aromatic rings. The predicted octanol–water partition coefficient (Wildman–Crippen LogP) is 2.21. The van der Waals surface area contributed by atoms with Crippen LogP contribution in [0, 0.1) is 0 Å². The number of benzene rings is 1. The molecule has 3 nitrogen and oxygen atoms in total. The topological polar surface area (TPSA) is 49.3 Å². The Hall–Kier alpha value is -0.770. The first-order valence-electron chi connectivity index (χ1n) is 4.38. The Balaban J connectivity index is 2.83. The molecule has 0 saturated carbocycles. The Morgan fingerprint density at radius 1 is 1.40 bits per heavy atom. The molecule has 5 heteroatoms. The standard InChI is InChI=1S/C10H11Cl2NO2/c1-13-9(10(14)15)4-6-2-7(11)5-8(12)3-6/h2-3,5,9,13H,4H2,1H3,(H,14,15). The monoisotopic (exact) mass is 247 g/mol. The summed E-state index contributed by atoms with van der Waals surface area (Å²) in [7, 11) is 1.60. The largest absolute Gasteiger partial charge is 0.480 e. The minimum Gasteiger partial charge on any atom is -0.480 e. The van der Waals surface area contributed by atoms with Crippen molar-refractivity contribution in [3.05, 3.63) is 33.8 Å². The van der Waals surface area contributed by atoms with E-state index in [-0.39, 0.29) is 0 Å². The lowest BCUT2D eigenvalue weighted by molar-refractivity contribution is -0.139. The normalized spacial score (nSPS) is 12.5. The molecular weight excluding hydrogens is 237 g/mol. The Labute approximate surface area is 98.0 Å². The van der Waals surface area contributed by atoms with Crippen LogP contribution in [0.1, 0.15) is 5.56 Å². The maximum absolute atomic E-state index is 10.8. The average molecular weight is 248 g/mol. The van der Waals surface area contributed by atoms with Gasteiger partial charge in [-0.15, -0.1) is 0 Å². The Kier molecular flexibility index (Phi) is 4.39. The van der Waals surface area contributed by atoms with E-state index < -0.39 is 12.0 Å². The zero-order valence-electron chi connectivity index (χ0n) is 8.13. The van der Waals surface area contributed by atoms with Gasteiger partial charge in [-0.2, -0.15) is 0 Å². The fourth-order valence-corrected chi connectivity index (χ4v) is 1.85. The van der Waals surface area contributed by atoms with Crippen molar-refractivity contribution >= 4 is 29.2 Å². The second-order valence-corrected chi connectivity index (χ2v) is 4.03. The second-order valence-electron chi connectivity index (χ2n) is 3.16. The number of carboxylic acids is 1. The van der Waals surface area contributed by atoms with Crippen molar-refractivity contribution < 1.29 is 9.90 Å². The lowest BCUT2D eigenvalue weighted by Gasteiger charge is -2.11. The molecule has 1 aromatic carbocycles. The highest BCUT2D eigenvalue weighted by Gasteiger charge is 2.15. The van der Waals surface area contributed by atoms with E-state index in [1.54, 1.807) is 25.2 Å². The molecule has 0 spiro atoms. The van der Waals surface area contributed by atoms with Gasteiger partial charge in [0.15, 0.2) is 0 Å². The van der Waals surface area contributed by atoms with E-state index in [0.29, 0.717) is 16.5 Å². The van der Waals surface area contributed by atoms with Gasteiger partial charge >= 0.3 is 5.97 Å². The number of likely N-dealkylation sites (N-methyl/N-ethyl adjacent to an activating group) is 1. The van der Waals surface area contributed by atoms with Crippen LogP contribution in [0.4, 0.5) is 0 Å². The van der Waals surface area contributed by atoms with Crippen molar-refractivity contribution in [1.82, 2.24) is 5.32 Å². The number of rotatable bonds is 4. The predicted molar refractivity (Wildman–Crippen MR) is 60.6 cm³/mol. The molecule has 0 amide bonds. The van der Waals surface area contributed by atoms with Gasteiger partial charge in [0, 0.05) is 10.0 Å². The highest BCUT2D eigenvalue weighted by Crippen LogP contribution is 2.19. The van der Waals surface area contributed by atoms with E-state index in [1.807, 2.05) is 0 Å². The molecule has 0 aliphatic carbocycles. The van der Waals surface area contributed by atoms with Crippen LogP contribution in [0.2, 0.25) is 10.0 Å². The molecule has 0 heterocycles. The van der Waals surface area contributed by atoms with Gasteiger partial charge in [-0.3, -0.25) is 4.79 Å². The van der Waals surface area contributed by atoms with Crippen LogP contribution in [0.3, 0.4) is 0 Å². The summed E-state index contributed by atoms with van der Waals surface area (Å²) in [6.45, 7) is 0. The van der Waals surface area contributed by atoms with Gasteiger partial charge in [-0.25, -0.2) is 0 Å².